The van der Waals surface area contributed by atoms with Crippen LogP contribution < -0.4 is 5.32 Å². The maximum Gasteiger partial charge on any atom is 0.178 e. The quantitative estimate of drug-likeness (QED) is 0.773. The van der Waals surface area contributed by atoms with Gasteiger partial charge in [-0.25, -0.2) is 8.42 Å². The van der Waals surface area contributed by atoms with Crippen molar-refractivity contribution in [2.45, 2.75) is 32.1 Å². The first kappa shape index (κ1) is 15.2. The Labute approximate surface area is 111 Å². The van der Waals surface area contributed by atoms with E-state index >= 15 is 0 Å². The summed E-state index contributed by atoms with van der Waals surface area (Å²) in [6.07, 6.45) is 0.656. The third kappa shape index (κ3) is 4.78. The predicted octanol–water partition coefficient (Wildman–Crippen LogP) is 2.40. The molecule has 0 aliphatic heterocycles. The SMILES string of the molecule is Cc1ccccc1S(=O)(=O)CCCNCC(C)C. The zero-order valence-corrected chi connectivity index (χ0v) is 12.3. The zero-order chi connectivity index (χ0) is 13.6. The second kappa shape index (κ2) is 6.90. The highest BCUT2D eigenvalue weighted by atomic mass is 32.2. The Balaban J connectivity index is 2.49. The van der Waals surface area contributed by atoms with Crippen molar-refractivity contribution in [3.63, 3.8) is 0 Å². The molecule has 0 aromatic heterocycles. The Bertz CT molecular complexity index is 466. The molecule has 0 spiro atoms. The van der Waals surface area contributed by atoms with Crippen LogP contribution in [0, 0.1) is 12.8 Å². The van der Waals surface area contributed by atoms with Gasteiger partial charge in [-0.15, -0.1) is 0 Å². The third-order valence-electron chi connectivity index (χ3n) is 2.75. The van der Waals surface area contributed by atoms with Crippen molar-refractivity contribution in [3.8, 4) is 0 Å². The Hall–Kier alpha value is -0.870. The fourth-order valence-electron chi connectivity index (χ4n) is 1.79. The van der Waals surface area contributed by atoms with Crippen LogP contribution in [-0.4, -0.2) is 27.3 Å². The van der Waals surface area contributed by atoms with Crippen LogP contribution in [0.2, 0.25) is 0 Å². The predicted molar refractivity (Wildman–Crippen MR) is 75.6 cm³/mol. The first-order chi connectivity index (χ1) is 8.43. The van der Waals surface area contributed by atoms with E-state index in [1.54, 1.807) is 12.1 Å². The molecule has 0 saturated heterocycles. The number of nitrogens with one attached hydrogen (secondary N) is 1. The van der Waals surface area contributed by atoms with E-state index in [0.717, 1.165) is 18.7 Å². The van der Waals surface area contributed by atoms with E-state index in [2.05, 4.69) is 19.2 Å². The molecule has 0 radical (unpaired) electrons. The summed E-state index contributed by atoms with van der Waals surface area (Å²) in [5.41, 5.74) is 0.827. The largest absolute Gasteiger partial charge is 0.316 e. The third-order valence-corrected chi connectivity index (χ3v) is 4.70. The van der Waals surface area contributed by atoms with Crippen LogP contribution in [0.3, 0.4) is 0 Å². The molecule has 1 rings (SSSR count). The first-order valence-corrected chi connectivity index (χ1v) is 8.08. The van der Waals surface area contributed by atoms with Crippen LogP contribution in [-0.2, 0) is 9.84 Å². The molecule has 0 unspecified atom stereocenters. The van der Waals surface area contributed by atoms with Gasteiger partial charge in [-0.2, -0.15) is 0 Å². The molecule has 102 valence electrons. The van der Waals surface area contributed by atoms with Gasteiger partial charge in [-0.05, 0) is 44.0 Å². The summed E-state index contributed by atoms with van der Waals surface area (Å²) in [7, 11) is -3.13. The van der Waals surface area contributed by atoms with Crippen molar-refractivity contribution < 1.29 is 8.42 Å². The lowest BCUT2D eigenvalue weighted by molar-refractivity contribution is 0.546. The zero-order valence-electron chi connectivity index (χ0n) is 11.4. The van der Waals surface area contributed by atoms with Crippen molar-refractivity contribution in [1.29, 1.82) is 0 Å². The normalized spacial score (nSPS) is 12.0. The average Bonchev–Trinajstić information content (AvgIpc) is 2.28. The highest BCUT2D eigenvalue weighted by Crippen LogP contribution is 2.16. The molecule has 0 heterocycles. The van der Waals surface area contributed by atoms with Gasteiger partial charge in [0.2, 0.25) is 0 Å². The highest BCUT2D eigenvalue weighted by Gasteiger charge is 2.15. The molecular weight excluding hydrogens is 246 g/mol. The lowest BCUT2D eigenvalue weighted by Gasteiger charge is -2.09. The van der Waals surface area contributed by atoms with E-state index < -0.39 is 9.84 Å². The topological polar surface area (TPSA) is 46.2 Å². The van der Waals surface area contributed by atoms with Crippen molar-refractivity contribution in [2.75, 3.05) is 18.8 Å². The molecular formula is C14H23NO2S. The molecule has 0 bridgehead atoms. The van der Waals surface area contributed by atoms with Crippen molar-refractivity contribution >= 4 is 9.84 Å². The molecule has 1 N–H and O–H groups in total. The van der Waals surface area contributed by atoms with E-state index in [1.807, 2.05) is 19.1 Å². The monoisotopic (exact) mass is 269 g/mol. The molecule has 0 saturated carbocycles. The van der Waals surface area contributed by atoms with E-state index in [9.17, 15) is 8.42 Å². The lowest BCUT2D eigenvalue weighted by Crippen LogP contribution is -2.22. The second-order valence-electron chi connectivity index (χ2n) is 5.04. The summed E-state index contributed by atoms with van der Waals surface area (Å²) in [6.45, 7) is 7.80. The number of benzene rings is 1. The van der Waals surface area contributed by atoms with Crippen molar-refractivity contribution in [1.82, 2.24) is 5.32 Å². The summed E-state index contributed by atoms with van der Waals surface area (Å²) in [5.74, 6) is 0.807. The van der Waals surface area contributed by atoms with Crippen LogP contribution in [0.25, 0.3) is 0 Å². The summed E-state index contributed by atoms with van der Waals surface area (Å²) >= 11 is 0. The Morgan fingerprint density at radius 3 is 2.50 bits per heavy atom. The molecule has 3 nitrogen and oxygen atoms in total. The molecule has 1 aromatic rings. The Morgan fingerprint density at radius 1 is 1.22 bits per heavy atom. The number of rotatable bonds is 7. The molecule has 0 aliphatic rings. The van der Waals surface area contributed by atoms with Crippen molar-refractivity contribution in [2.24, 2.45) is 5.92 Å². The van der Waals surface area contributed by atoms with E-state index in [-0.39, 0.29) is 5.75 Å². The van der Waals surface area contributed by atoms with Gasteiger partial charge < -0.3 is 5.32 Å². The van der Waals surface area contributed by atoms with Crippen LogP contribution in [0.15, 0.2) is 29.2 Å². The van der Waals surface area contributed by atoms with Crippen LogP contribution in [0.4, 0.5) is 0 Å². The minimum atomic E-state index is -3.13. The molecule has 18 heavy (non-hydrogen) atoms. The van der Waals surface area contributed by atoms with Crippen LogP contribution in [0.5, 0.6) is 0 Å². The number of hydrogen-bond acceptors (Lipinski definition) is 3. The molecule has 0 atom stereocenters. The minimum Gasteiger partial charge on any atom is -0.316 e. The number of aryl methyl sites for hydroxylation is 1. The molecule has 4 heteroatoms. The van der Waals surface area contributed by atoms with E-state index in [4.69, 9.17) is 0 Å². The van der Waals surface area contributed by atoms with Gasteiger partial charge in [0.15, 0.2) is 9.84 Å². The fourth-order valence-corrected chi connectivity index (χ4v) is 3.38. The van der Waals surface area contributed by atoms with Crippen LogP contribution >= 0.6 is 0 Å². The number of hydrogen-bond donors (Lipinski definition) is 1. The first-order valence-electron chi connectivity index (χ1n) is 6.42. The molecule has 1 aromatic carbocycles. The summed E-state index contributed by atoms with van der Waals surface area (Å²) in [4.78, 5) is 0.467. The maximum atomic E-state index is 12.1. The van der Waals surface area contributed by atoms with E-state index in [1.165, 1.54) is 0 Å². The summed E-state index contributed by atoms with van der Waals surface area (Å²) < 4.78 is 24.2. The summed E-state index contributed by atoms with van der Waals surface area (Å²) in [5, 5.41) is 3.26. The van der Waals surface area contributed by atoms with Gasteiger partial charge in [0.05, 0.1) is 10.6 Å². The molecule has 0 aliphatic carbocycles. The van der Waals surface area contributed by atoms with Crippen LogP contribution in [0.1, 0.15) is 25.8 Å². The Kier molecular flexibility index (Phi) is 5.82. The van der Waals surface area contributed by atoms with Gasteiger partial charge in [-0.3, -0.25) is 0 Å². The molecule has 0 fully saturated rings. The lowest BCUT2D eigenvalue weighted by atomic mass is 10.2. The maximum absolute atomic E-state index is 12.1. The van der Waals surface area contributed by atoms with Gasteiger partial charge in [-0.1, -0.05) is 32.0 Å². The van der Waals surface area contributed by atoms with Crippen molar-refractivity contribution in [3.05, 3.63) is 29.8 Å². The standard InChI is InChI=1S/C14H23NO2S/c1-12(2)11-15-9-6-10-18(16,17)14-8-5-4-7-13(14)3/h4-5,7-8,12,15H,6,9-11H2,1-3H3. The van der Waals surface area contributed by atoms with Gasteiger partial charge in [0.25, 0.3) is 0 Å². The fraction of sp³-hybridized carbons (Fsp3) is 0.571. The number of sulfone groups is 1. The van der Waals surface area contributed by atoms with Gasteiger partial charge in [0.1, 0.15) is 0 Å². The van der Waals surface area contributed by atoms with Gasteiger partial charge in [0, 0.05) is 0 Å². The Morgan fingerprint density at radius 2 is 1.89 bits per heavy atom. The minimum absolute atomic E-state index is 0.211. The summed E-state index contributed by atoms with van der Waals surface area (Å²) in [6, 6.07) is 7.16. The van der Waals surface area contributed by atoms with E-state index in [0.29, 0.717) is 17.2 Å². The smallest absolute Gasteiger partial charge is 0.178 e. The highest BCUT2D eigenvalue weighted by molar-refractivity contribution is 7.91. The molecule has 0 amide bonds. The second-order valence-corrected chi connectivity index (χ2v) is 7.11. The van der Waals surface area contributed by atoms with Gasteiger partial charge >= 0.3 is 0 Å². The average molecular weight is 269 g/mol.